The van der Waals surface area contributed by atoms with Gasteiger partial charge in [-0.1, -0.05) is 6.92 Å². The fraction of sp³-hybridized carbons (Fsp3) is 0.467. The molecule has 4 nitrogen and oxygen atoms in total. The first-order valence-corrected chi connectivity index (χ1v) is 7.37. The summed E-state index contributed by atoms with van der Waals surface area (Å²) in [5.41, 5.74) is 2.24. The van der Waals surface area contributed by atoms with E-state index in [2.05, 4.69) is 18.3 Å². The fourth-order valence-corrected chi connectivity index (χ4v) is 2.56. The summed E-state index contributed by atoms with van der Waals surface area (Å²) in [7, 11) is 0. The third-order valence-corrected chi connectivity index (χ3v) is 3.84. The second kappa shape index (κ2) is 6.62. The highest BCUT2D eigenvalue weighted by Crippen LogP contribution is 2.32. The predicted octanol–water partition coefficient (Wildman–Crippen LogP) is 2.97. The van der Waals surface area contributed by atoms with Gasteiger partial charge < -0.3 is 10.2 Å². The number of hydrogen-bond acceptors (Lipinski definition) is 3. The minimum atomic E-state index is 0.0743. The molecule has 0 saturated carbocycles. The van der Waals surface area contributed by atoms with Crippen LogP contribution in [0.5, 0.6) is 0 Å². The van der Waals surface area contributed by atoms with E-state index in [9.17, 15) is 4.79 Å². The molecule has 1 fully saturated rings. The van der Waals surface area contributed by atoms with Crippen molar-refractivity contribution in [1.82, 2.24) is 0 Å². The number of nitriles is 1. The average molecular weight is 292 g/mol. The van der Waals surface area contributed by atoms with Crippen molar-refractivity contribution in [3.63, 3.8) is 0 Å². The molecular formula is C15H18ClN3O. The van der Waals surface area contributed by atoms with Gasteiger partial charge in [-0.05, 0) is 30.5 Å². The Balaban J connectivity index is 2.32. The lowest BCUT2D eigenvalue weighted by atomic mass is 10.1. The summed E-state index contributed by atoms with van der Waals surface area (Å²) in [6.45, 7) is 3.54. The number of anilines is 2. The van der Waals surface area contributed by atoms with E-state index in [0.29, 0.717) is 24.4 Å². The highest BCUT2D eigenvalue weighted by Gasteiger charge is 2.31. The van der Waals surface area contributed by atoms with E-state index >= 15 is 0 Å². The average Bonchev–Trinajstić information content (AvgIpc) is 2.86. The molecule has 2 rings (SSSR count). The van der Waals surface area contributed by atoms with Gasteiger partial charge in [-0.15, -0.1) is 11.6 Å². The van der Waals surface area contributed by atoms with E-state index in [1.54, 1.807) is 17.0 Å². The molecule has 1 saturated heterocycles. The number of benzene rings is 1. The number of hydrogen-bond donors (Lipinski definition) is 1. The van der Waals surface area contributed by atoms with Crippen LogP contribution in [-0.2, 0) is 4.79 Å². The van der Waals surface area contributed by atoms with E-state index in [-0.39, 0.29) is 11.8 Å². The standard InChI is InChI=1S/C15H18ClN3O/c1-2-5-18-13-4-3-11(9-17)6-14(13)19-10-12(8-16)7-15(19)20/h3-4,6,12,18H,2,5,7-8,10H2,1H3. The van der Waals surface area contributed by atoms with Crippen molar-refractivity contribution in [2.24, 2.45) is 5.92 Å². The van der Waals surface area contributed by atoms with Gasteiger partial charge >= 0.3 is 0 Å². The van der Waals surface area contributed by atoms with Crippen LogP contribution in [0.25, 0.3) is 0 Å². The van der Waals surface area contributed by atoms with E-state index in [1.165, 1.54) is 0 Å². The predicted molar refractivity (Wildman–Crippen MR) is 81.1 cm³/mol. The zero-order valence-corrected chi connectivity index (χ0v) is 12.3. The van der Waals surface area contributed by atoms with E-state index in [4.69, 9.17) is 16.9 Å². The quantitative estimate of drug-likeness (QED) is 0.849. The first-order chi connectivity index (χ1) is 9.69. The highest BCUT2D eigenvalue weighted by molar-refractivity contribution is 6.18. The Kier molecular flexibility index (Phi) is 4.86. The van der Waals surface area contributed by atoms with Gasteiger partial charge in [0.1, 0.15) is 0 Å². The second-order valence-electron chi connectivity index (χ2n) is 5.00. The Hall–Kier alpha value is -1.73. The molecule has 0 radical (unpaired) electrons. The number of amides is 1. The van der Waals surface area contributed by atoms with Crippen LogP contribution in [0.4, 0.5) is 11.4 Å². The lowest BCUT2D eigenvalue weighted by molar-refractivity contribution is -0.117. The maximum atomic E-state index is 12.1. The molecule has 1 aliphatic rings. The van der Waals surface area contributed by atoms with Gasteiger partial charge in [0.15, 0.2) is 0 Å². The molecule has 1 atom stereocenters. The molecule has 1 aromatic carbocycles. The Morgan fingerprint density at radius 3 is 2.95 bits per heavy atom. The van der Waals surface area contributed by atoms with Crippen LogP contribution in [0.15, 0.2) is 18.2 Å². The van der Waals surface area contributed by atoms with Crippen LogP contribution in [0.2, 0.25) is 0 Å². The smallest absolute Gasteiger partial charge is 0.227 e. The van der Waals surface area contributed by atoms with E-state index in [0.717, 1.165) is 24.3 Å². The minimum Gasteiger partial charge on any atom is -0.383 e. The van der Waals surface area contributed by atoms with E-state index in [1.807, 2.05) is 6.07 Å². The zero-order valence-electron chi connectivity index (χ0n) is 11.5. The van der Waals surface area contributed by atoms with Crippen LogP contribution < -0.4 is 10.2 Å². The summed E-state index contributed by atoms with van der Waals surface area (Å²) in [5.74, 6) is 0.747. The number of rotatable bonds is 5. The molecule has 20 heavy (non-hydrogen) atoms. The molecule has 5 heteroatoms. The summed E-state index contributed by atoms with van der Waals surface area (Å²) in [4.78, 5) is 13.9. The topological polar surface area (TPSA) is 56.1 Å². The van der Waals surface area contributed by atoms with Gasteiger partial charge in [-0.2, -0.15) is 5.26 Å². The van der Waals surface area contributed by atoms with E-state index < -0.39 is 0 Å². The third-order valence-electron chi connectivity index (χ3n) is 3.41. The summed E-state index contributed by atoms with van der Waals surface area (Å²) in [5, 5.41) is 12.3. The van der Waals surface area contributed by atoms with Crippen molar-refractivity contribution >= 4 is 28.9 Å². The van der Waals surface area contributed by atoms with Crippen molar-refractivity contribution in [2.75, 3.05) is 29.2 Å². The lowest BCUT2D eigenvalue weighted by Gasteiger charge is -2.21. The first-order valence-electron chi connectivity index (χ1n) is 6.84. The van der Waals surface area contributed by atoms with Gasteiger partial charge in [-0.3, -0.25) is 4.79 Å². The highest BCUT2D eigenvalue weighted by atomic mass is 35.5. The molecule has 106 valence electrons. The summed E-state index contributed by atoms with van der Waals surface area (Å²) >= 11 is 5.86. The fourth-order valence-electron chi connectivity index (χ4n) is 2.35. The second-order valence-corrected chi connectivity index (χ2v) is 5.31. The number of carbonyl (C=O) groups excluding carboxylic acids is 1. The van der Waals surface area contributed by atoms with Crippen molar-refractivity contribution < 1.29 is 4.79 Å². The Bertz CT molecular complexity index is 538. The first kappa shape index (κ1) is 14.7. The van der Waals surface area contributed by atoms with Crippen LogP contribution >= 0.6 is 11.6 Å². The van der Waals surface area contributed by atoms with Crippen LogP contribution in [0.1, 0.15) is 25.3 Å². The normalized spacial score (nSPS) is 18.1. The van der Waals surface area contributed by atoms with Crippen molar-refractivity contribution in [3.05, 3.63) is 23.8 Å². The molecule has 0 bridgehead atoms. The Morgan fingerprint density at radius 2 is 2.35 bits per heavy atom. The van der Waals surface area contributed by atoms with Crippen LogP contribution in [-0.4, -0.2) is 24.9 Å². The van der Waals surface area contributed by atoms with Gasteiger partial charge in [-0.25, -0.2) is 0 Å². The molecule has 0 aromatic heterocycles. The molecular weight excluding hydrogens is 274 g/mol. The number of alkyl halides is 1. The van der Waals surface area contributed by atoms with Crippen molar-refractivity contribution in [2.45, 2.75) is 19.8 Å². The van der Waals surface area contributed by atoms with Gasteiger partial charge in [0, 0.05) is 25.4 Å². The molecule has 1 amide bonds. The van der Waals surface area contributed by atoms with Crippen molar-refractivity contribution in [3.8, 4) is 6.07 Å². The number of nitrogens with one attached hydrogen (secondary N) is 1. The van der Waals surface area contributed by atoms with Gasteiger partial charge in [0.05, 0.1) is 23.0 Å². The van der Waals surface area contributed by atoms with Crippen LogP contribution in [0, 0.1) is 17.2 Å². The molecule has 1 unspecified atom stereocenters. The largest absolute Gasteiger partial charge is 0.383 e. The SMILES string of the molecule is CCCNc1ccc(C#N)cc1N1CC(CCl)CC1=O. The maximum absolute atomic E-state index is 12.1. The Labute approximate surface area is 124 Å². The van der Waals surface area contributed by atoms with Gasteiger partial charge in [0.2, 0.25) is 5.91 Å². The number of halogens is 1. The summed E-state index contributed by atoms with van der Waals surface area (Å²) < 4.78 is 0. The molecule has 1 aromatic rings. The molecule has 1 aliphatic heterocycles. The van der Waals surface area contributed by atoms with Gasteiger partial charge in [0.25, 0.3) is 0 Å². The summed E-state index contributed by atoms with van der Waals surface area (Å²) in [6, 6.07) is 7.52. The number of carbonyl (C=O) groups is 1. The molecule has 0 spiro atoms. The van der Waals surface area contributed by atoms with Crippen molar-refractivity contribution in [1.29, 1.82) is 5.26 Å². The maximum Gasteiger partial charge on any atom is 0.227 e. The zero-order chi connectivity index (χ0) is 14.5. The minimum absolute atomic E-state index is 0.0743. The monoisotopic (exact) mass is 291 g/mol. The molecule has 1 N–H and O–H groups in total. The van der Waals surface area contributed by atoms with Crippen LogP contribution in [0.3, 0.4) is 0 Å². The molecule has 0 aliphatic carbocycles. The molecule has 1 heterocycles. The third kappa shape index (κ3) is 3.05. The lowest BCUT2D eigenvalue weighted by Crippen LogP contribution is -2.26. The summed E-state index contributed by atoms with van der Waals surface area (Å²) in [6.07, 6.45) is 1.48. The number of nitrogens with zero attached hydrogens (tertiary/aromatic N) is 2. The Morgan fingerprint density at radius 1 is 1.55 bits per heavy atom.